The molecule has 1 aliphatic rings. The fourth-order valence-electron chi connectivity index (χ4n) is 4.77. The van der Waals surface area contributed by atoms with Crippen molar-refractivity contribution < 1.29 is 19.4 Å². The molecule has 1 atom stereocenters. The van der Waals surface area contributed by atoms with Gasteiger partial charge in [0.1, 0.15) is 16.8 Å². The zero-order valence-corrected chi connectivity index (χ0v) is 19.5. The molecule has 0 radical (unpaired) electrons. The molecule has 10 nitrogen and oxygen atoms in total. The standard InChI is InChI=1S/C26H22N6O4/c1-31-29-21-10-6-16(11-22(21)30-31)15-3-7-18(8-4-15)26(24(34)27-25(35)28-26)14-32-13-17-5-9-19(36-2)12-20(17)23(32)33/h3-13,33H,14H2,1-2H3,(H2,27,28,34,35)/t26-/m0/s1. The van der Waals surface area contributed by atoms with Crippen LogP contribution in [0.3, 0.4) is 0 Å². The fourth-order valence-corrected chi connectivity index (χ4v) is 4.77. The molecule has 3 heterocycles. The topological polar surface area (TPSA) is 123 Å². The summed E-state index contributed by atoms with van der Waals surface area (Å²) in [6, 6.07) is 18.0. The lowest BCUT2D eigenvalue weighted by atomic mass is 9.88. The number of aromatic nitrogens is 4. The summed E-state index contributed by atoms with van der Waals surface area (Å²) in [5, 5.41) is 26.1. The van der Waals surface area contributed by atoms with E-state index in [9.17, 15) is 14.7 Å². The quantitative estimate of drug-likeness (QED) is 0.331. The molecule has 6 rings (SSSR count). The highest BCUT2D eigenvalue weighted by molar-refractivity contribution is 6.07. The molecule has 1 fully saturated rings. The zero-order valence-electron chi connectivity index (χ0n) is 19.5. The molecule has 180 valence electrons. The number of imide groups is 1. The monoisotopic (exact) mass is 482 g/mol. The van der Waals surface area contributed by atoms with Crippen molar-refractivity contribution in [3.63, 3.8) is 0 Å². The van der Waals surface area contributed by atoms with Crippen LogP contribution in [-0.4, -0.2) is 43.7 Å². The number of aryl methyl sites for hydroxylation is 1. The van der Waals surface area contributed by atoms with Crippen molar-refractivity contribution in [2.75, 3.05) is 7.11 Å². The van der Waals surface area contributed by atoms with Crippen molar-refractivity contribution in [2.45, 2.75) is 12.1 Å². The second kappa shape index (κ2) is 7.84. The number of aromatic hydroxyl groups is 1. The number of methoxy groups -OCH3 is 1. The lowest BCUT2D eigenvalue weighted by Gasteiger charge is -2.27. The number of nitrogens with one attached hydrogen (secondary N) is 2. The Morgan fingerprint density at radius 1 is 0.972 bits per heavy atom. The van der Waals surface area contributed by atoms with Crippen LogP contribution < -0.4 is 15.4 Å². The van der Waals surface area contributed by atoms with E-state index in [1.807, 2.05) is 48.5 Å². The van der Waals surface area contributed by atoms with Crippen LogP contribution in [0.5, 0.6) is 11.6 Å². The molecule has 36 heavy (non-hydrogen) atoms. The lowest BCUT2D eigenvalue weighted by molar-refractivity contribution is -0.124. The molecule has 0 spiro atoms. The second-order valence-electron chi connectivity index (χ2n) is 8.82. The van der Waals surface area contributed by atoms with Crippen LogP contribution in [0.2, 0.25) is 0 Å². The molecular weight excluding hydrogens is 460 g/mol. The summed E-state index contributed by atoms with van der Waals surface area (Å²) in [6.45, 7) is -0.00167. The first-order valence-corrected chi connectivity index (χ1v) is 11.3. The Morgan fingerprint density at radius 2 is 1.72 bits per heavy atom. The molecule has 0 unspecified atom stereocenters. The van der Waals surface area contributed by atoms with Crippen LogP contribution in [0.15, 0.2) is 66.9 Å². The lowest BCUT2D eigenvalue weighted by Crippen LogP contribution is -2.47. The molecule has 2 aromatic heterocycles. The van der Waals surface area contributed by atoms with Crippen LogP contribution in [0.4, 0.5) is 4.79 Å². The maximum absolute atomic E-state index is 13.1. The van der Waals surface area contributed by atoms with Crippen LogP contribution >= 0.6 is 0 Å². The number of amides is 3. The number of ether oxygens (including phenoxy) is 1. The molecule has 0 aliphatic carbocycles. The van der Waals surface area contributed by atoms with Crippen LogP contribution in [0.1, 0.15) is 5.56 Å². The Kier molecular flexibility index (Phi) is 4.72. The van der Waals surface area contributed by atoms with Gasteiger partial charge in [-0.15, -0.1) is 0 Å². The van der Waals surface area contributed by atoms with E-state index >= 15 is 0 Å². The minimum absolute atomic E-state index is 0.00167. The molecular formula is C26H22N6O4. The van der Waals surface area contributed by atoms with Gasteiger partial charge in [0.05, 0.1) is 13.7 Å². The number of hydrogen-bond acceptors (Lipinski definition) is 6. The van der Waals surface area contributed by atoms with Gasteiger partial charge in [-0.3, -0.25) is 10.1 Å². The number of fused-ring (bicyclic) bond motifs is 2. The summed E-state index contributed by atoms with van der Waals surface area (Å²) >= 11 is 0. The minimum Gasteiger partial charge on any atom is -0.497 e. The number of carbonyl (C=O) groups is 2. The summed E-state index contributed by atoms with van der Waals surface area (Å²) in [5.74, 6) is 0.0921. The van der Waals surface area contributed by atoms with Crippen LogP contribution in [0.25, 0.3) is 32.9 Å². The Morgan fingerprint density at radius 3 is 2.44 bits per heavy atom. The molecule has 3 amide bonds. The summed E-state index contributed by atoms with van der Waals surface area (Å²) in [4.78, 5) is 26.9. The van der Waals surface area contributed by atoms with Crippen molar-refractivity contribution in [3.05, 3.63) is 72.4 Å². The van der Waals surface area contributed by atoms with Gasteiger partial charge in [0, 0.05) is 24.0 Å². The fraction of sp³-hybridized carbons (Fsp3) is 0.154. The van der Waals surface area contributed by atoms with Crippen molar-refractivity contribution in [2.24, 2.45) is 7.05 Å². The first-order valence-electron chi connectivity index (χ1n) is 11.3. The number of rotatable bonds is 5. The van der Waals surface area contributed by atoms with E-state index in [-0.39, 0.29) is 12.4 Å². The van der Waals surface area contributed by atoms with Gasteiger partial charge >= 0.3 is 6.03 Å². The second-order valence-corrected chi connectivity index (χ2v) is 8.82. The number of urea groups is 1. The van der Waals surface area contributed by atoms with Gasteiger partial charge in [-0.05, 0) is 47.0 Å². The van der Waals surface area contributed by atoms with Gasteiger partial charge in [0.2, 0.25) is 0 Å². The number of benzene rings is 3. The highest BCUT2D eigenvalue weighted by Crippen LogP contribution is 2.35. The van der Waals surface area contributed by atoms with Gasteiger partial charge in [0.25, 0.3) is 5.91 Å². The first-order chi connectivity index (χ1) is 17.4. The SMILES string of the molecule is COc1ccc2cn(C[C@@]3(c4ccc(-c5ccc6nn(C)nc6c5)cc4)NC(=O)NC3=O)c(O)c2c1. The van der Waals surface area contributed by atoms with Crippen LogP contribution in [-0.2, 0) is 23.9 Å². The van der Waals surface area contributed by atoms with Crippen LogP contribution in [0, 0.1) is 0 Å². The zero-order chi connectivity index (χ0) is 25.0. The predicted octanol–water partition coefficient (Wildman–Crippen LogP) is 3.04. The third-order valence-corrected chi connectivity index (χ3v) is 6.61. The third kappa shape index (κ3) is 3.34. The molecule has 10 heteroatoms. The summed E-state index contributed by atoms with van der Waals surface area (Å²) in [5.41, 5.74) is 2.65. The number of carbonyl (C=O) groups excluding carboxylic acids is 2. The summed E-state index contributed by atoms with van der Waals surface area (Å²) in [6.07, 6.45) is 1.74. The van der Waals surface area contributed by atoms with E-state index in [2.05, 4.69) is 20.8 Å². The van der Waals surface area contributed by atoms with E-state index in [4.69, 9.17) is 4.74 Å². The molecule has 3 aromatic carbocycles. The predicted molar refractivity (Wildman–Crippen MR) is 132 cm³/mol. The normalized spacial score (nSPS) is 17.5. The molecule has 1 saturated heterocycles. The number of nitrogens with zero attached hydrogens (tertiary/aromatic N) is 4. The molecule has 5 aromatic rings. The smallest absolute Gasteiger partial charge is 0.322 e. The summed E-state index contributed by atoms with van der Waals surface area (Å²) < 4.78 is 6.82. The highest BCUT2D eigenvalue weighted by Gasteiger charge is 2.48. The van der Waals surface area contributed by atoms with Gasteiger partial charge in [-0.1, -0.05) is 30.3 Å². The highest BCUT2D eigenvalue weighted by atomic mass is 16.5. The average molecular weight is 483 g/mol. The van der Waals surface area contributed by atoms with Gasteiger partial charge < -0.3 is 19.7 Å². The van der Waals surface area contributed by atoms with Gasteiger partial charge in [0.15, 0.2) is 11.4 Å². The van der Waals surface area contributed by atoms with E-state index in [0.717, 1.165) is 27.5 Å². The minimum atomic E-state index is -1.40. The Labute approximate surface area is 205 Å². The van der Waals surface area contributed by atoms with E-state index in [1.165, 1.54) is 4.80 Å². The Hall–Kier alpha value is -4.86. The van der Waals surface area contributed by atoms with Gasteiger partial charge in [-0.2, -0.15) is 15.0 Å². The van der Waals surface area contributed by atoms with Gasteiger partial charge in [-0.25, -0.2) is 4.79 Å². The molecule has 0 saturated carbocycles. The molecule has 1 aliphatic heterocycles. The van der Waals surface area contributed by atoms with E-state index < -0.39 is 17.5 Å². The Bertz CT molecular complexity index is 1670. The number of hydrogen-bond donors (Lipinski definition) is 3. The maximum Gasteiger partial charge on any atom is 0.322 e. The Balaban J connectivity index is 1.39. The van der Waals surface area contributed by atoms with E-state index in [0.29, 0.717) is 16.7 Å². The van der Waals surface area contributed by atoms with Crippen molar-refractivity contribution in [3.8, 4) is 22.8 Å². The van der Waals surface area contributed by atoms with E-state index in [1.54, 1.807) is 37.1 Å². The summed E-state index contributed by atoms with van der Waals surface area (Å²) in [7, 11) is 3.33. The van der Waals surface area contributed by atoms with Crippen molar-refractivity contribution in [1.82, 2.24) is 30.2 Å². The molecule has 0 bridgehead atoms. The van der Waals surface area contributed by atoms with Crippen molar-refractivity contribution in [1.29, 1.82) is 0 Å². The average Bonchev–Trinajstić information content (AvgIpc) is 3.50. The molecule has 3 N–H and O–H groups in total. The largest absolute Gasteiger partial charge is 0.497 e. The maximum atomic E-state index is 13.1. The third-order valence-electron chi connectivity index (χ3n) is 6.61. The van der Waals surface area contributed by atoms with Crippen molar-refractivity contribution >= 4 is 33.7 Å². The first kappa shape index (κ1) is 21.7.